The third-order valence-electron chi connectivity index (χ3n) is 12.2. The van der Waals surface area contributed by atoms with E-state index in [1.807, 2.05) is 6.55 Å². The summed E-state index contributed by atoms with van der Waals surface area (Å²) >= 11 is 0. The summed E-state index contributed by atoms with van der Waals surface area (Å²) in [5, 5.41) is 13.2. The zero-order valence-corrected chi connectivity index (χ0v) is 35.9. The van der Waals surface area contributed by atoms with Crippen molar-refractivity contribution >= 4 is 41.5 Å². The fourth-order valence-corrected chi connectivity index (χ4v) is 12.5. The molecule has 8 rings (SSSR count). The van der Waals surface area contributed by atoms with Crippen LogP contribution in [0.15, 0.2) is 29.3 Å². The molecule has 0 spiro atoms. The number of rotatable bonds is 14. The van der Waals surface area contributed by atoms with Gasteiger partial charge in [0.1, 0.15) is 16.8 Å². The third-order valence-corrected chi connectivity index (χ3v) is 17.2. The number of hydrogen-bond donors (Lipinski definition) is 2. The van der Waals surface area contributed by atoms with Crippen molar-refractivity contribution in [3.63, 3.8) is 0 Å². The molecule has 17 heteroatoms. The molecule has 55 heavy (non-hydrogen) atoms. The number of hydrogen-bond acceptors (Lipinski definition) is 14. The Labute approximate surface area is 327 Å². The van der Waals surface area contributed by atoms with Crippen LogP contribution in [0.4, 0.5) is 4.79 Å². The van der Waals surface area contributed by atoms with E-state index in [9.17, 15) is 24.3 Å². The van der Waals surface area contributed by atoms with Crippen molar-refractivity contribution in [1.29, 1.82) is 0 Å². The molecule has 8 aliphatic carbocycles. The van der Waals surface area contributed by atoms with Gasteiger partial charge in [0.05, 0.1) is 17.9 Å². The van der Waals surface area contributed by atoms with Gasteiger partial charge in [-0.25, -0.2) is 24.2 Å². The minimum atomic E-state index is -2.92. The predicted molar refractivity (Wildman–Crippen MR) is 204 cm³/mol. The molecule has 0 aromatic carbocycles. The molecule has 1 amide bonds. The first-order valence-corrected chi connectivity index (χ1v) is 23.5. The fraction of sp³-hybridized carbons (Fsp3) is 0.789. The maximum Gasteiger partial charge on any atom is 0.520 e. The molecule has 0 radical (unpaired) electrons. The molecule has 0 heterocycles. The Kier molecular flexibility index (Phi) is 14.6. The van der Waals surface area contributed by atoms with Gasteiger partial charge in [-0.05, 0) is 108 Å². The molecule has 8 saturated carbocycles. The van der Waals surface area contributed by atoms with E-state index < -0.39 is 45.9 Å². The van der Waals surface area contributed by atoms with Crippen LogP contribution in [0.25, 0.3) is 0 Å². The Hall–Kier alpha value is -2.74. The SMILES string of the molecule is C=C(C)C(=O)OC12CC3CC(CC(O)(C3)C1)C2.C=C(C)C(=O)OC12CC3CC(CC(OC(=O)NC[Si](OC)(OC)OC)(C3)C1)C2.CO[Si](C)(CN=C=O)OC. The van der Waals surface area contributed by atoms with E-state index in [1.54, 1.807) is 28.1 Å². The van der Waals surface area contributed by atoms with Gasteiger partial charge in [0.2, 0.25) is 6.08 Å². The van der Waals surface area contributed by atoms with Gasteiger partial charge < -0.3 is 46.8 Å². The number of amides is 1. The molecule has 15 nitrogen and oxygen atoms in total. The molecule has 310 valence electrons. The van der Waals surface area contributed by atoms with Crippen LogP contribution in [0.2, 0.25) is 6.55 Å². The minimum absolute atomic E-state index is 0.119. The summed E-state index contributed by atoms with van der Waals surface area (Å²) in [5.74, 6) is 1.22. The van der Waals surface area contributed by atoms with E-state index in [4.69, 9.17) is 36.3 Å². The Morgan fingerprint density at radius 3 is 1.47 bits per heavy atom. The number of carbonyl (C=O) groups is 3. The van der Waals surface area contributed by atoms with Gasteiger partial charge in [0, 0.05) is 59.5 Å². The first-order valence-electron chi connectivity index (χ1n) is 19.0. The fourth-order valence-electron chi connectivity index (χ4n) is 10.4. The second-order valence-electron chi connectivity index (χ2n) is 17.0. The van der Waals surface area contributed by atoms with Crippen molar-refractivity contribution in [1.82, 2.24) is 5.32 Å². The lowest BCUT2D eigenvalue weighted by Crippen LogP contribution is -2.62. The summed E-state index contributed by atoms with van der Waals surface area (Å²) in [6.07, 6.45) is 11.8. The molecule has 0 aromatic heterocycles. The van der Waals surface area contributed by atoms with Crippen molar-refractivity contribution in [2.24, 2.45) is 28.7 Å². The molecule has 2 N–H and O–H groups in total. The van der Waals surface area contributed by atoms with Crippen LogP contribution in [0.1, 0.15) is 90.9 Å². The van der Waals surface area contributed by atoms with Crippen molar-refractivity contribution in [3.8, 4) is 0 Å². The number of isocyanates is 1. The minimum Gasteiger partial charge on any atom is -0.456 e. The second-order valence-corrected chi connectivity index (χ2v) is 23.4. The third kappa shape index (κ3) is 11.0. The average molecular weight is 811 g/mol. The zero-order chi connectivity index (χ0) is 40.9. The van der Waals surface area contributed by atoms with Crippen LogP contribution in [0.3, 0.4) is 0 Å². The normalized spacial score (nSPS) is 33.5. The molecule has 4 unspecified atom stereocenters. The largest absolute Gasteiger partial charge is 0.520 e. The smallest absolute Gasteiger partial charge is 0.456 e. The van der Waals surface area contributed by atoms with Crippen LogP contribution >= 0.6 is 0 Å². The number of aliphatic imine (C=N–C) groups is 1. The molecular weight excluding hydrogens is 749 g/mol. The number of aliphatic hydroxyl groups is 1. The summed E-state index contributed by atoms with van der Waals surface area (Å²) in [7, 11) is 2.50. The molecule has 8 fully saturated rings. The van der Waals surface area contributed by atoms with Gasteiger partial charge in [-0.1, -0.05) is 13.2 Å². The van der Waals surface area contributed by atoms with E-state index in [0.717, 1.165) is 57.8 Å². The number of nitrogens with one attached hydrogen (secondary N) is 1. The Morgan fingerprint density at radius 1 is 0.709 bits per heavy atom. The summed E-state index contributed by atoms with van der Waals surface area (Å²) < 4.78 is 43.5. The lowest BCUT2D eigenvalue weighted by molar-refractivity contribution is -0.218. The van der Waals surface area contributed by atoms with Crippen LogP contribution in [-0.2, 0) is 50.7 Å². The molecule has 0 aromatic rings. The van der Waals surface area contributed by atoms with Gasteiger partial charge >= 0.3 is 35.4 Å². The van der Waals surface area contributed by atoms with Crippen molar-refractivity contribution in [3.05, 3.63) is 24.3 Å². The molecule has 8 bridgehead atoms. The number of esters is 2. The molecule has 4 atom stereocenters. The van der Waals surface area contributed by atoms with Gasteiger partial charge in [-0.15, -0.1) is 0 Å². The predicted octanol–water partition coefficient (Wildman–Crippen LogP) is 4.76. The van der Waals surface area contributed by atoms with Crippen LogP contribution < -0.4 is 5.32 Å². The number of alkyl carbamates (subject to hydrolysis) is 1. The monoisotopic (exact) mass is 810 g/mol. The average Bonchev–Trinajstić information content (AvgIpc) is 3.09. The van der Waals surface area contributed by atoms with E-state index >= 15 is 0 Å². The Bertz CT molecular complexity index is 1460. The maximum atomic E-state index is 12.6. The topological polar surface area (TPSA) is 187 Å². The van der Waals surface area contributed by atoms with Gasteiger partial charge in [-0.3, -0.25) is 0 Å². The number of ether oxygens (including phenoxy) is 3. The van der Waals surface area contributed by atoms with E-state index in [0.29, 0.717) is 53.8 Å². The summed E-state index contributed by atoms with van der Waals surface area (Å²) in [5.41, 5.74) is -1.27. The Morgan fingerprint density at radius 2 is 1.11 bits per heavy atom. The van der Waals surface area contributed by atoms with Gasteiger partial charge in [-0.2, -0.15) is 0 Å². The van der Waals surface area contributed by atoms with E-state index in [1.165, 1.54) is 33.8 Å². The lowest BCUT2D eigenvalue weighted by Gasteiger charge is -2.60. The molecule has 8 aliphatic rings. The van der Waals surface area contributed by atoms with Crippen molar-refractivity contribution in [2.75, 3.05) is 47.9 Å². The quantitative estimate of drug-likeness (QED) is 0.0612. The lowest BCUT2D eigenvalue weighted by atomic mass is 9.52. The van der Waals surface area contributed by atoms with E-state index in [-0.39, 0.29) is 18.1 Å². The van der Waals surface area contributed by atoms with E-state index in [2.05, 4.69) is 23.5 Å². The second kappa shape index (κ2) is 17.8. The Balaban J connectivity index is 0.000000210. The number of nitrogens with zero attached hydrogens (tertiary/aromatic N) is 1. The highest BCUT2D eigenvalue weighted by Crippen LogP contribution is 2.61. The van der Waals surface area contributed by atoms with Crippen LogP contribution in [0.5, 0.6) is 0 Å². The first kappa shape index (κ1) is 45.0. The van der Waals surface area contributed by atoms with Gasteiger partial charge in [0.25, 0.3) is 0 Å². The highest BCUT2D eigenvalue weighted by atomic mass is 28.4. The van der Waals surface area contributed by atoms with Gasteiger partial charge in [0.15, 0.2) is 0 Å². The summed E-state index contributed by atoms with van der Waals surface area (Å²) in [6.45, 7) is 12.5. The number of carbonyl (C=O) groups excluding carboxylic acids is 4. The molecular formula is C38H62N2O13Si2. The summed E-state index contributed by atoms with van der Waals surface area (Å²) in [6, 6.07) is 0. The van der Waals surface area contributed by atoms with Crippen molar-refractivity contribution in [2.45, 2.75) is 120 Å². The van der Waals surface area contributed by atoms with Crippen LogP contribution in [-0.4, -0.2) is 117 Å². The summed E-state index contributed by atoms with van der Waals surface area (Å²) in [4.78, 5) is 49.6. The first-order chi connectivity index (χ1) is 25.8. The van der Waals surface area contributed by atoms with Crippen molar-refractivity contribution < 1.29 is 60.6 Å². The highest BCUT2D eigenvalue weighted by molar-refractivity contribution is 6.66. The maximum absolute atomic E-state index is 12.6. The van der Waals surface area contributed by atoms with Crippen LogP contribution in [0, 0.1) is 23.7 Å². The zero-order valence-electron chi connectivity index (χ0n) is 33.9. The highest BCUT2D eigenvalue weighted by Gasteiger charge is 2.62. The molecule has 0 aliphatic heterocycles. The molecule has 0 saturated heterocycles. The standard InChI is InChI=1S/C19H31NO7Si.C14H20O3.C5H11NO3Si/c1-13(2)16(21)26-18-7-14-6-15(8-18)10-19(9-14,11-18)27-17(22)20-12-28(23-3,24-4)25-5;1-9(2)12(15)17-14-6-10-3-11(7-14)5-13(16,4-10)8-14;1-8-10(3,9-2)5-6-4-7/h14-15H,1,6-12H2,2-5H3,(H,20,22);10-11,16H,1,3-8H2,2H3;5H2,1-3H3.